The van der Waals surface area contributed by atoms with E-state index in [9.17, 15) is 24.0 Å². The van der Waals surface area contributed by atoms with Gasteiger partial charge in [-0.05, 0) is 55.9 Å². The van der Waals surface area contributed by atoms with Crippen molar-refractivity contribution in [1.29, 1.82) is 0 Å². The van der Waals surface area contributed by atoms with Crippen LogP contribution >= 0.6 is 23.2 Å². The Labute approximate surface area is 219 Å². The molecule has 1 saturated carbocycles. The van der Waals surface area contributed by atoms with E-state index in [1.165, 1.54) is 12.2 Å². The SMILES string of the molecule is CCNC(=O)C(=O)C(C[C@@H]1CCNC1=O)NC(=O)[C@H](CC1CC1)NC(=O)/C=C/c1ccc(Cl)cc1Cl. The highest BCUT2D eigenvalue weighted by Gasteiger charge is 2.36. The molecule has 3 rings (SSSR count). The van der Waals surface area contributed by atoms with E-state index in [4.69, 9.17) is 23.2 Å². The molecule has 194 valence electrons. The van der Waals surface area contributed by atoms with Crippen LogP contribution in [-0.4, -0.2) is 54.6 Å². The van der Waals surface area contributed by atoms with Crippen LogP contribution in [0.5, 0.6) is 0 Å². The first kappa shape index (κ1) is 27.7. The molecule has 2 aliphatic rings. The number of carbonyl (C=O) groups excluding carboxylic acids is 5. The van der Waals surface area contributed by atoms with Crippen molar-refractivity contribution in [2.75, 3.05) is 13.1 Å². The summed E-state index contributed by atoms with van der Waals surface area (Å²) in [5.74, 6) is -3.15. The van der Waals surface area contributed by atoms with Gasteiger partial charge >= 0.3 is 0 Å². The molecule has 1 heterocycles. The van der Waals surface area contributed by atoms with E-state index in [1.807, 2.05) is 0 Å². The van der Waals surface area contributed by atoms with Crippen LogP contribution in [0.2, 0.25) is 10.0 Å². The third kappa shape index (κ3) is 8.06. The number of hydrogen-bond donors (Lipinski definition) is 4. The van der Waals surface area contributed by atoms with Gasteiger partial charge in [0.2, 0.25) is 23.5 Å². The van der Waals surface area contributed by atoms with E-state index in [0.717, 1.165) is 12.8 Å². The van der Waals surface area contributed by atoms with E-state index < -0.39 is 41.5 Å². The molecule has 1 saturated heterocycles. The summed E-state index contributed by atoms with van der Waals surface area (Å²) in [6.07, 6.45) is 5.58. The van der Waals surface area contributed by atoms with Crippen LogP contribution in [0.15, 0.2) is 24.3 Å². The van der Waals surface area contributed by atoms with Crippen molar-refractivity contribution in [1.82, 2.24) is 21.3 Å². The summed E-state index contributed by atoms with van der Waals surface area (Å²) in [4.78, 5) is 62.9. The smallest absolute Gasteiger partial charge is 0.289 e. The Kier molecular flexibility index (Phi) is 9.89. The number of halogens is 2. The van der Waals surface area contributed by atoms with Crippen molar-refractivity contribution in [2.45, 2.75) is 51.1 Å². The third-order valence-electron chi connectivity index (χ3n) is 6.15. The Morgan fingerprint density at radius 3 is 2.44 bits per heavy atom. The first-order chi connectivity index (χ1) is 17.2. The topological polar surface area (TPSA) is 133 Å². The third-order valence-corrected chi connectivity index (χ3v) is 6.72. The molecular formula is C25H30Cl2N4O5. The molecule has 0 aromatic heterocycles. The van der Waals surface area contributed by atoms with E-state index >= 15 is 0 Å². The summed E-state index contributed by atoms with van der Waals surface area (Å²) in [6.45, 7) is 2.40. The van der Waals surface area contributed by atoms with Crippen LogP contribution in [0.3, 0.4) is 0 Å². The molecular weight excluding hydrogens is 507 g/mol. The largest absolute Gasteiger partial charge is 0.356 e. The number of hydrogen-bond acceptors (Lipinski definition) is 5. The minimum Gasteiger partial charge on any atom is -0.356 e. The van der Waals surface area contributed by atoms with Gasteiger partial charge in [-0.1, -0.05) is 42.1 Å². The molecule has 11 heteroatoms. The van der Waals surface area contributed by atoms with Gasteiger partial charge in [0, 0.05) is 35.1 Å². The molecule has 1 aromatic carbocycles. The Morgan fingerprint density at radius 2 is 1.83 bits per heavy atom. The monoisotopic (exact) mass is 536 g/mol. The second-order valence-corrected chi connectivity index (χ2v) is 9.88. The van der Waals surface area contributed by atoms with Gasteiger partial charge in [-0.25, -0.2) is 0 Å². The maximum Gasteiger partial charge on any atom is 0.289 e. The maximum atomic E-state index is 13.2. The standard InChI is InChI=1S/C25H30Cl2N4O5/c1-2-28-25(36)22(33)19(12-16-9-10-29-23(16)34)31-24(35)20(11-14-3-4-14)30-21(32)8-6-15-5-7-17(26)13-18(15)27/h5-8,13-14,16,19-20H,2-4,9-12H2,1H3,(H,28,36)(H,29,34)(H,30,32)(H,31,35)/b8-6+/t16-,19?,20-/m0/s1. The number of carbonyl (C=O) groups is 5. The molecule has 0 spiro atoms. The molecule has 9 nitrogen and oxygen atoms in total. The van der Waals surface area contributed by atoms with Gasteiger partial charge in [-0.2, -0.15) is 0 Å². The molecule has 36 heavy (non-hydrogen) atoms. The number of amides is 4. The fourth-order valence-corrected chi connectivity index (χ4v) is 4.48. The molecule has 1 unspecified atom stereocenters. The van der Waals surface area contributed by atoms with Gasteiger partial charge in [-0.15, -0.1) is 0 Å². The Morgan fingerprint density at radius 1 is 1.08 bits per heavy atom. The van der Waals surface area contributed by atoms with Crippen LogP contribution in [0.1, 0.15) is 44.6 Å². The Hall–Kier alpha value is -2.91. The first-order valence-corrected chi connectivity index (χ1v) is 12.8. The molecule has 1 aromatic rings. The molecule has 4 amide bonds. The van der Waals surface area contributed by atoms with E-state index in [-0.39, 0.29) is 24.8 Å². The lowest BCUT2D eigenvalue weighted by Crippen LogP contribution is -2.54. The van der Waals surface area contributed by atoms with Crippen molar-refractivity contribution < 1.29 is 24.0 Å². The Bertz CT molecular complexity index is 1060. The van der Waals surface area contributed by atoms with Crippen molar-refractivity contribution in [3.8, 4) is 0 Å². The van der Waals surface area contributed by atoms with E-state index in [2.05, 4.69) is 21.3 Å². The summed E-state index contributed by atoms with van der Waals surface area (Å²) in [5.41, 5.74) is 0.585. The normalized spacial score (nSPS) is 18.9. The van der Waals surface area contributed by atoms with Crippen LogP contribution in [0.4, 0.5) is 0 Å². The lowest BCUT2D eigenvalue weighted by Gasteiger charge is -2.23. The highest BCUT2D eigenvalue weighted by atomic mass is 35.5. The summed E-state index contributed by atoms with van der Waals surface area (Å²) in [7, 11) is 0. The zero-order valence-corrected chi connectivity index (χ0v) is 21.5. The van der Waals surface area contributed by atoms with Gasteiger partial charge < -0.3 is 21.3 Å². The zero-order valence-electron chi connectivity index (χ0n) is 19.9. The molecule has 1 aliphatic heterocycles. The summed E-state index contributed by atoms with van der Waals surface area (Å²) in [6, 6.07) is 2.78. The number of likely N-dealkylation sites (N-methyl/N-ethyl adjacent to an activating group) is 1. The minimum atomic E-state index is -1.18. The zero-order chi connectivity index (χ0) is 26.2. The van der Waals surface area contributed by atoms with Crippen LogP contribution < -0.4 is 21.3 Å². The quantitative estimate of drug-likeness (QED) is 0.239. The summed E-state index contributed by atoms with van der Waals surface area (Å²) >= 11 is 12.0. The van der Waals surface area contributed by atoms with Gasteiger partial charge in [0.1, 0.15) is 6.04 Å². The predicted molar refractivity (Wildman–Crippen MR) is 136 cm³/mol. The lowest BCUT2D eigenvalue weighted by atomic mass is 9.95. The minimum absolute atomic E-state index is 0.00655. The number of benzene rings is 1. The van der Waals surface area contributed by atoms with Gasteiger partial charge in [0.05, 0.1) is 6.04 Å². The second kappa shape index (κ2) is 12.9. The van der Waals surface area contributed by atoms with Crippen LogP contribution in [-0.2, 0) is 24.0 Å². The highest BCUT2D eigenvalue weighted by molar-refractivity contribution is 6.38. The summed E-state index contributed by atoms with van der Waals surface area (Å²) in [5, 5.41) is 11.3. The molecule has 0 bridgehead atoms. The number of nitrogens with one attached hydrogen (secondary N) is 4. The van der Waals surface area contributed by atoms with Crippen molar-refractivity contribution in [3.05, 3.63) is 39.9 Å². The number of ketones is 1. The van der Waals surface area contributed by atoms with E-state index in [0.29, 0.717) is 35.0 Å². The van der Waals surface area contributed by atoms with Gasteiger partial charge in [-0.3, -0.25) is 24.0 Å². The molecule has 3 atom stereocenters. The van der Waals surface area contributed by atoms with Crippen molar-refractivity contribution in [3.63, 3.8) is 0 Å². The van der Waals surface area contributed by atoms with Gasteiger partial charge in [0.25, 0.3) is 5.91 Å². The average molecular weight is 537 g/mol. The van der Waals surface area contributed by atoms with Crippen molar-refractivity contribution >= 4 is 58.7 Å². The van der Waals surface area contributed by atoms with Crippen LogP contribution in [0.25, 0.3) is 6.08 Å². The molecule has 4 N–H and O–H groups in total. The number of Topliss-reactive ketones (excluding diaryl/α,β-unsaturated/α-hetero) is 1. The second-order valence-electron chi connectivity index (χ2n) is 9.04. The molecule has 2 fully saturated rings. The maximum absolute atomic E-state index is 13.2. The first-order valence-electron chi connectivity index (χ1n) is 12.0. The molecule has 1 aliphatic carbocycles. The van der Waals surface area contributed by atoms with Gasteiger partial charge in [0.15, 0.2) is 0 Å². The number of rotatable bonds is 12. The molecule has 0 radical (unpaired) electrons. The predicted octanol–water partition coefficient (Wildman–Crippen LogP) is 2.01. The fourth-order valence-electron chi connectivity index (χ4n) is 4.00. The van der Waals surface area contributed by atoms with Crippen molar-refractivity contribution in [2.24, 2.45) is 11.8 Å². The van der Waals surface area contributed by atoms with E-state index in [1.54, 1.807) is 25.1 Å². The summed E-state index contributed by atoms with van der Waals surface area (Å²) < 4.78 is 0. The highest BCUT2D eigenvalue weighted by Crippen LogP contribution is 2.33. The average Bonchev–Trinajstić information content (AvgIpc) is 3.56. The lowest BCUT2D eigenvalue weighted by molar-refractivity contribution is -0.141. The fraction of sp³-hybridized carbons (Fsp3) is 0.480. The van der Waals surface area contributed by atoms with Crippen LogP contribution in [0, 0.1) is 11.8 Å². The Balaban J connectivity index is 1.70.